The molecule has 30 heavy (non-hydrogen) atoms. The minimum atomic E-state index is -3.82. The van der Waals surface area contributed by atoms with Gasteiger partial charge < -0.3 is 10.1 Å². The summed E-state index contributed by atoms with van der Waals surface area (Å²) in [4.78, 5) is 12.7. The Balaban J connectivity index is 1.82. The van der Waals surface area contributed by atoms with E-state index in [1.165, 1.54) is 23.5 Å². The van der Waals surface area contributed by atoms with Crippen LogP contribution in [0.2, 0.25) is 0 Å². The second-order valence-electron chi connectivity index (χ2n) is 6.70. The number of hydrogen-bond donors (Lipinski definition) is 1. The molecule has 0 fully saturated rings. The minimum Gasteiger partial charge on any atom is -0.494 e. The van der Waals surface area contributed by atoms with Crippen LogP contribution in [-0.4, -0.2) is 28.0 Å². The maximum atomic E-state index is 13.1. The van der Waals surface area contributed by atoms with Gasteiger partial charge in [-0.3, -0.25) is 9.10 Å². The number of benzene rings is 3. The summed E-state index contributed by atoms with van der Waals surface area (Å²) in [5, 5.41) is 2.77. The number of ether oxygens (including phenoxy) is 1. The number of carbonyl (C=O) groups excluding carboxylic acids is 1. The number of rotatable bonds is 7. The number of nitrogens with one attached hydrogen (secondary N) is 1. The molecule has 3 aromatic rings. The SMILES string of the molecule is CCOc1ccc(NC(=O)c2cccc(S(=O)(=O)N(C)c3ccccc3C)c2)cc1. The van der Waals surface area contributed by atoms with Crippen LogP contribution in [0.4, 0.5) is 11.4 Å². The van der Waals surface area contributed by atoms with E-state index in [4.69, 9.17) is 4.74 Å². The van der Waals surface area contributed by atoms with Gasteiger partial charge in [-0.1, -0.05) is 24.3 Å². The Morgan fingerprint density at radius 2 is 1.70 bits per heavy atom. The minimum absolute atomic E-state index is 0.0487. The maximum absolute atomic E-state index is 13.1. The summed E-state index contributed by atoms with van der Waals surface area (Å²) in [6, 6.07) is 20.2. The highest BCUT2D eigenvalue weighted by Gasteiger charge is 2.23. The van der Waals surface area contributed by atoms with Gasteiger partial charge in [0.1, 0.15) is 5.75 Å². The summed E-state index contributed by atoms with van der Waals surface area (Å²) in [7, 11) is -2.31. The zero-order valence-electron chi connectivity index (χ0n) is 17.1. The van der Waals surface area contributed by atoms with Crippen molar-refractivity contribution >= 4 is 27.3 Å². The Hall–Kier alpha value is -3.32. The largest absolute Gasteiger partial charge is 0.494 e. The van der Waals surface area contributed by atoms with Gasteiger partial charge >= 0.3 is 0 Å². The van der Waals surface area contributed by atoms with Crippen molar-refractivity contribution in [3.63, 3.8) is 0 Å². The lowest BCUT2D eigenvalue weighted by atomic mass is 10.2. The molecule has 0 aliphatic heterocycles. The van der Waals surface area contributed by atoms with Crippen LogP contribution in [0.5, 0.6) is 5.75 Å². The van der Waals surface area contributed by atoms with Crippen LogP contribution in [0.25, 0.3) is 0 Å². The summed E-state index contributed by atoms with van der Waals surface area (Å²) < 4.78 is 32.8. The molecule has 0 spiro atoms. The average molecular weight is 425 g/mol. The molecule has 0 bridgehead atoms. The van der Waals surface area contributed by atoms with E-state index in [2.05, 4.69) is 5.32 Å². The van der Waals surface area contributed by atoms with Crippen molar-refractivity contribution < 1.29 is 17.9 Å². The Bertz CT molecular complexity index is 1140. The van der Waals surface area contributed by atoms with Crippen LogP contribution >= 0.6 is 0 Å². The Morgan fingerprint density at radius 3 is 2.37 bits per heavy atom. The fourth-order valence-electron chi connectivity index (χ4n) is 3.01. The van der Waals surface area contributed by atoms with Crippen LogP contribution < -0.4 is 14.4 Å². The average Bonchev–Trinajstić information content (AvgIpc) is 2.75. The number of sulfonamides is 1. The first kappa shape index (κ1) is 21.4. The first-order valence-electron chi connectivity index (χ1n) is 9.51. The van der Waals surface area contributed by atoms with Crippen molar-refractivity contribution in [2.75, 3.05) is 23.3 Å². The standard InChI is InChI=1S/C23H24N2O4S/c1-4-29-20-14-12-19(13-15-20)24-23(26)18-9-7-10-21(16-18)30(27,28)25(3)22-11-6-5-8-17(22)2/h5-16H,4H2,1-3H3,(H,24,26). The number of nitrogens with zero attached hydrogens (tertiary/aromatic N) is 1. The maximum Gasteiger partial charge on any atom is 0.264 e. The quantitative estimate of drug-likeness (QED) is 0.607. The predicted octanol–water partition coefficient (Wildman–Crippen LogP) is 4.47. The molecule has 1 amide bonds. The monoisotopic (exact) mass is 424 g/mol. The van der Waals surface area contributed by atoms with Gasteiger partial charge in [-0.05, 0) is 67.9 Å². The Morgan fingerprint density at radius 1 is 1.00 bits per heavy atom. The first-order valence-corrected chi connectivity index (χ1v) is 11.0. The molecule has 0 saturated heterocycles. The van der Waals surface area contributed by atoms with E-state index in [0.717, 1.165) is 5.56 Å². The fraction of sp³-hybridized carbons (Fsp3) is 0.174. The smallest absolute Gasteiger partial charge is 0.264 e. The molecule has 3 rings (SSSR count). The molecule has 3 aromatic carbocycles. The molecule has 0 aromatic heterocycles. The van der Waals surface area contributed by atoms with E-state index in [1.54, 1.807) is 48.5 Å². The third-order valence-corrected chi connectivity index (χ3v) is 6.40. The molecule has 0 atom stereocenters. The number of carbonyl (C=O) groups is 1. The molecule has 0 unspecified atom stereocenters. The highest BCUT2D eigenvalue weighted by atomic mass is 32.2. The van der Waals surface area contributed by atoms with Gasteiger partial charge in [0.15, 0.2) is 0 Å². The Kier molecular flexibility index (Phi) is 6.42. The molecule has 0 heterocycles. The van der Waals surface area contributed by atoms with Crippen LogP contribution in [-0.2, 0) is 10.0 Å². The van der Waals surface area contributed by atoms with Gasteiger partial charge in [0.2, 0.25) is 0 Å². The lowest BCUT2D eigenvalue weighted by molar-refractivity contribution is 0.102. The zero-order chi connectivity index (χ0) is 21.7. The molecular weight excluding hydrogens is 400 g/mol. The van der Waals surface area contributed by atoms with Gasteiger partial charge in [-0.15, -0.1) is 0 Å². The van der Waals surface area contributed by atoms with Crippen molar-refractivity contribution in [1.82, 2.24) is 0 Å². The third kappa shape index (κ3) is 4.63. The van der Waals surface area contributed by atoms with Crippen LogP contribution in [0.3, 0.4) is 0 Å². The highest BCUT2D eigenvalue weighted by molar-refractivity contribution is 7.92. The molecule has 0 aliphatic carbocycles. The topological polar surface area (TPSA) is 75.7 Å². The van der Waals surface area contributed by atoms with E-state index in [-0.39, 0.29) is 10.5 Å². The van der Waals surface area contributed by atoms with Gasteiger partial charge in [0, 0.05) is 18.3 Å². The van der Waals surface area contributed by atoms with E-state index in [0.29, 0.717) is 23.7 Å². The number of aryl methyl sites for hydroxylation is 1. The van der Waals surface area contributed by atoms with E-state index in [9.17, 15) is 13.2 Å². The van der Waals surface area contributed by atoms with Crippen LogP contribution in [0.1, 0.15) is 22.8 Å². The lowest BCUT2D eigenvalue weighted by Crippen LogP contribution is -2.27. The highest BCUT2D eigenvalue weighted by Crippen LogP contribution is 2.25. The van der Waals surface area contributed by atoms with Crippen LogP contribution in [0.15, 0.2) is 77.7 Å². The van der Waals surface area contributed by atoms with Gasteiger partial charge in [-0.2, -0.15) is 0 Å². The summed E-state index contributed by atoms with van der Waals surface area (Å²) in [6.07, 6.45) is 0. The normalized spacial score (nSPS) is 11.0. The van der Waals surface area contributed by atoms with Crippen molar-refractivity contribution in [3.05, 3.63) is 83.9 Å². The predicted molar refractivity (Wildman–Crippen MR) is 119 cm³/mol. The molecular formula is C23H24N2O4S. The third-order valence-electron chi connectivity index (χ3n) is 4.63. The molecule has 0 saturated carbocycles. The van der Waals surface area contributed by atoms with Crippen molar-refractivity contribution in [1.29, 1.82) is 0 Å². The van der Waals surface area contributed by atoms with E-state index in [1.807, 2.05) is 26.0 Å². The molecule has 0 radical (unpaired) electrons. The molecule has 156 valence electrons. The fourth-order valence-corrected chi connectivity index (χ4v) is 4.31. The van der Waals surface area contributed by atoms with Gasteiger partial charge in [0.05, 0.1) is 17.2 Å². The summed E-state index contributed by atoms with van der Waals surface area (Å²) in [6.45, 7) is 4.30. The second-order valence-corrected chi connectivity index (χ2v) is 8.67. The number of amides is 1. The van der Waals surface area contributed by atoms with E-state index >= 15 is 0 Å². The van der Waals surface area contributed by atoms with Crippen LogP contribution in [0, 0.1) is 6.92 Å². The summed E-state index contributed by atoms with van der Waals surface area (Å²) in [5.74, 6) is 0.317. The molecule has 7 heteroatoms. The van der Waals surface area contributed by atoms with Crippen molar-refractivity contribution in [3.8, 4) is 5.75 Å². The Labute approximate surface area is 177 Å². The second kappa shape index (κ2) is 9.00. The number of hydrogen-bond acceptors (Lipinski definition) is 4. The number of anilines is 2. The first-order chi connectivity index (χ1) is 14.3. The van der Waals surface area contributed by atoms with Gasteiger partial charge in [-0.25, -0.2) is 8.42 Å². The van der Waals surface area contributed by atoms with E-state index < -0.39 is 15.9 Å². The number of para-hydroxylation sites is 1. The zero-order valence-corrected chi connectivity index (χ0v) is 17.9. The van der Waals surface area contributed by atoms with Gasteiger partial charge in [0.25, 0.3) is 15.9 Å². The van der Waals surface area contributed by atoms with Crippen molar-refractivity contribution in [2.24, 2.45) is 0 Å². The summed E-state index contributed by atoms with van der Waals surface area (Å²) in [5.41, 5.74) is 2.27. The lowest BCUT2D eigenvalue weighted by Gasteiger charge is -2.21. The molecule has 1 N–H and O–H groups in total. The molecule has 6 nitrogen and oxygen atoms in total. The summed E-state index contributed by atoms with van der Waals surface area (Å²) >= 11 is 0. The van der Waals surface area contributed by atoms with Crippen molar-refractivity contribution in [2.45, 2.75) is 18.7 Å². The molecule has 0 aliphatic rings.